The van der Waals surface area contributed by atoms with E-state index in [4.69, 9.17) is 5.11 Å². The van der Waals surface area contributed by atoms with Gasteiger partial charge < -0.3 is 15.1 Å². The highest BCUT2D eigenvalue weighted by Crippen LogP contribution is 2.21. The molecule has 0 aliphatic heterocycles. The minimum Gasteiger partial charge on any atom is -0.478 e. The highest BCUT2D eigenvalue weighted by Gasteiger charge is 2.08. The number of carboxylic acids is 1. The minimum atomic E-state index is -0.971. The maximum absolute atomic E-state index is 11.6. The Morgan fingerprint density at radius 2 is 1.95 bits per heavy atom. The predicted molar refractivity (Wildman–Crippen MR) is 69.1 cm³/mol. The van der Waals surface area contributed by atoms with Crippen molar-refractivity contribution in [3.05, 3.63) is 52.6 Å². The van der Waals surface area contributed by atoms with Crippen LogP contribution in [0.25, 0.3) is 22.3 Å². The average Bonchev–Trinajstić information content (AvgIpc) is 2.84. The second-order valence-electron chi connectivity index (χ2n) is 4.06. The van der Waals surface area contributed by atoms with E-state index in [1.807, 2.05) is 0 Å². The van der Waals surface area contributed by atoms with Gasteiger partial charge in [0.2, 0.25) is 0 Å². The van der Waals surface area contributed by atoms with Crippen molar-refractivity contribution < 1.29 is 9.90 Å². The van der Waals surface area contributed by atoms with E-state index in [1.165, 1.54) is 18.5 Å². The summed E-state index contributed by atoms with van der Waals surface area (Å²) >= 11 is 0. The fraction of sp³-hybridized carbons (Fsp3) is 0. The number of hydrogen-bond acceptors (Lipinski definition) is 3. The van der Waals surface area contributed by atoms with Crippen LogP contribution in [0.4, 0.5) is 0 Å². The molecule has 3 rings (SSSR count). The second kappa shape index (κ2) is 4.09. The Morgan fingerprint density at radius 1 is 1.21 bits per heavy atom. The van der Waals surface area contributed by atoms with Crippen molar-refractivity contribution in [3.63, 3.8) is 0 Å². The lowest BCUT2D eigenvalue weighted by Gasteiger charge is -1.98. The van der Waals surface area contributed by atoms with Crippen molar-refractivity contribution in [2.45, 2.75) is 0 Å². The normalized spacial score (nSPS) is 10.7. The van der Waals surface area contributed by atoms with E-state index < -0.39 is 5.97 Å². The van der Waals surface area contributed by atoms with E-state index >= 15 is 0 Å². The van der Waals surface area contributed by atoms with Gasteiger partial charge in [0.05, 0.1) is 17.3 Å². The zero-order valence-electron chi connectivity index (χ0n) is 9.68. The molecule has 0 unspecified atom stereocenters. The summed E-state index contributed by atoms with van der Waals surface area (Å²) in [7, 11) is 0. The molecule has 0 aliphatic carbocycles. The fourth-order valence-electron chi connectivity index (χ4n) is 1.90. The average molecular weight is 255 g/mol. The van der Waals surface area contributed by atoms with Gasteiger partial charge in [-0.15, -0.1) is 0 Å². The summed E-state index contributed by atoms with van der Waals surface area (Å²) in [5, 5.41) is 9.31. The third-order valence-corrected chi connectivity index (χ3v) is 2.87. The molecule has 0 spiro atoms. The van der Waals surface area contributed by atoms with E-state index in [0.717, 1.165) is 11.3 Å². The van der Waals surface area contributed by atoms with Gasteiger partial charge in [0.1, 0.15) is 5.65 Å². The number of hydrogen-bond donors (Lipinski definition) is 3. The number of rotatable bonds is 2. The molecule has 94 valence electrons. The maximum atomic E-state index is 11.6. The highest BCUT2D eigenvalue weighted by atomic mass is 16.4. The number of nitrogens with one attached hydrogen (secondary N) is 2. The molecular formula is C13H9N3O3. The van der Waals surface area contributed by atoms with Gasteiger partial charge in [-0.2, -0.15) is 0 Å². The number of fused-ring (bicyclic) bond motifs is 1. The molecular weight excluding hydrogens is 246 g/mol. The molecule has 0 aliphatic rings. The Hall–Kier alpha value is -2.89. The molecule has 0 saturated heterocycles. The Kier molecular flexibility index (Phi) is 2.42. The Bertz CT molecular complexity index is 815. The van der Waals surface area contributed by atoms with E-state index in [0.29, 0.717) is 11.0 Å². The number of aromatic amines is 2. The van der Waals surface area contributed by atoms with Crippen LogP contribution in [-0.4, -0.2) is 26.0 Å². The van der Waals surface area contributed by atoms with Crippen molar-refractivity contribution >= 4 is 17.0 Å². The van der Waals surface area contributed by atoms with Gasteiger partial charge in [0, 0.05) is 5.69 Å². The summed E-state index contributed by atoms with van der Waals surface area (Å²) in [6.07, 6.45) is 1.33. The molecule has 0 radical (unpaired) electrons. The first-order valence-electron chi connectivity index (χ1n) is 5.55. The van der Waals surface area contributed by atoms with Crippen LogP contribution in [0.5, 0.6) is 0 Å². The van der Waals surface area contributed by atoms with Crippen molar-refractivity contribution in [1.82, 2.24) is 15.0 Å². The lowest BCUT2D eigenvalue weighted by Crippen LogP contribution is -2.04. The van der Waals surface area contributed by atoms with Crippen molar-refractivity contribution in [1.29, 1.82) is 0 Å². The first-order chi connectivity index (χ1) is 9.15. The molecule has 6 heteroatoms. The second-order valence-corrected chi connectivity index (χ2v) is 4.06. The maximum Gasteiger partial charge on any atom is 0.335 e. The summed E-state index contributed by atoms with van der Waals surface area (Å²) < 4.78 is 0. The molecule has 19 heavy (non-hydrogen) atoms. The smallest absolute Gasteiger partial charge is 0.335 e. The summed E-state index contributed by atoms with van der Waals surface area (Å²) in [5.41, 5.74) is 2.02. The van der Waals surface area contributed by atoms with E-state index in [1.54, 1.807) is 18.2 Å². The summed E-state index contributed by atoms with van der Waals surface area (Å²) in [6, 6.07) is 8.09. The van der Waals surface area contributed by atoms with Gasteiger partial charge in [-0.3, -0.25) is 4.79 Å². The first kappa shape index (κ1) is 11.2. The molecule has 1 aromatic carbocycles. The van der Waals surface area contributed by atoms with E-state index in [-0.39, 0.29) is 11.1 Å². The number of H-pyrrole nitrogens is 2. The Morgan fingerprint density at radius 3 is 2.58 bits per heavy atom. The molecule has 3 N–H and O–H groups in total. The quantitative estimate of drug-likeness (QED) is 0.647. The summed E-state index contributed by atoms with van der Waals surface area (Å²) in [5.74, 6) is -0.971. The fourth-order valence-corrected chi connectivity index (χ4v) is 1.90. The molecule has 3 aromatic rings. The molecule has 2 aromatic heterocycles. The van der Waals surface area contributed by atoms with Crippen LogP contribution >= 0.6 is 0 Å². The SMILES string of the molecule is O=C(O)c1ccc(-c2cc3c(=O)[nH]cnc3[nH]2)cc1. The van der Waals surface area contributed by atoms with Gasteiger partial charge in [0.15, 0.2) is 0 Å². The molecule has 6 nitrogen and oxygen atoms in total. The van der Waals surface area contributed by atoms with Crippen LogP contribution in [0.1, 0.15) is 10.4 Å². The Balaban J connectivity index is 2.11. The molecule has 0 bridgehead atoms. The number of aromatic carboxylic acids is 1. The highest BCUT2D eigenvalue weighted by molar-refractivity contribution is 5.89. The van der Waals surface area contributed by atoms with Crippen LogP contribution in [0.3, 0.4) is 0 Å². The lowest BCUT2D eigenvalue weighted by atomic mass is 10.1. The van der Waals surface area contributed by atoms with Crippen molar-refractivity contribution in [3.8, 4) is 11.3 Å². The summed E-state index contributed by atoms with van der Waals surface area (Å²) in [6.45, 7) is 0. The third-order valence-electron chi connectivity index (χ3n) is 2.87. The van der Waals surface area contributed by atoms with Crippen molar-refractivity contribution in [2.75, 3.05) is 0 Å². The van der Waals surface area contributed by atoms with Crippen LogP contribution < -0.4 is 5.56 Å². The van der Waals surface area contributed by atoms with Gasteiger partial charge in [-0.05, 0) is 23.8 Å². The van der Waals surface area contributed by atoms with Gasteiger partial charge in [-0.25, -0.2) is 9.78 Å². The van der Waals surface area contributed by atoms with Crippen LogP contribution in [0.2, 0.25) is 0 Å². The molecule has 0 saturated carbocycles. The number of benzene rings is 1. The number of carboxylic acid groups (broad SMARTS) is 1. The summed E-state index contributed by atoms with van der Waals surface area (Å²) in [4.78, 5) is 31.9. The number of aromatic nitrogens is 3. The zero-order chi connectivity index (χ0) is 13.4. The lowest BCUT2D eigenvalue weighted by molar-refractivity contribution is 0.0697. The third kappa shape index (κ3) is 1.89. The van der Waals surface area contributed by atoms with E-state index in [9.17, 15) is 9.59 Å². The van der Waals surface area contributed by atoms with Gasteiger partial charge in [-0.1, -0.05) is 12.1 Å². The molecule has 0 amide bonds. The van der Waals surface area contributed by atoms with Gasteiger partial charge in [0.25, 0.3) is 5.56 Å². The van der Waals surface area contributed by atoms with Crippen LogP contribution in [-0.2, 0) is 0 Å². The number of carbonyl (C=O) groups is 1. The van der Waals surface area contributed by atoms with Gasteiger partial charge >= 0.3 is 5.97 Å². The number of nitrogens with zero attached hydrogens (tertiary/aromatic N) is 1. The Labute approximate surface area is 106 Å². The zero-order valence-corrected chi connectivity index (χ0v) is 9.68. The minimum absolute atomic E-state index is 0.213. The van der Waals surface area contributed by atoms with Crippen LogP contribution in [0, 0.1) is 0 Å². The van der Waals surface area contributed by atoms with Crippen molar-refractivity contribution in [2.24, 2.45) is 0 Å². The topological polar surface area (TPSA) is 98.8 Å². The van der Waals surface area contributed by atoms with Crippen LogP contribution in [0.15, 0.2) is 41.5 Å². The molecule has 0 atom stereocenters. The first-order valence-corrected chi connectivity index (χ1v) is 5.55. The molecule has 2 heterocycles. The largest absolute Gasteiger partial charge is 0.478 e. The monoisotopic (exact) mass is 255 g/mol. The predicted octanol–water partition coefficient (Wildman–Crippen LogP) is 1.62. The molecule has 0 fully saturated rings. The van der Waals surface area contributed by atoms with E-state index in [2.05, 4.69) is 15.0 Å². The standard InChI is InChI=1S/C13H9N3O3/c17-12-9-5-10(16-11(9)14-6-15-12)7-1-3-8(4-2-7)13(18)19/h1-6H,(H,18,19)(H2,14,15,16,17).